The summed E-state index contributed by atoms with van der Waals surface area (Å²) in [6, 6.07) is 10.6. The van der Waals surface area contributed by atoms with E-state index in [0.29, 0.717) is 29.3 Å². The summed E-state index contributed by atoms with van der Waals surface area (Å²) >= 11 is 1.55. The number of carbonyl (C=O) groups is 2. The van der Waals surface area contributed by atoms with Gasteiger partial charge in [-0.05, 0) is 37.4 Å². The maximum atomic E-state index is 12.3. The van der Waals surface area contributed by atoms with Crippen molar-refractivity contribution in [3.05, 3.63) is 58.0 Å². The lowest BCUT2D eigenvalue weighted by Crippen LogP contribution is -2.35. The van der Waals surface area contributed by atoms with Crippen LogP contribution in [0.5, 0.6) is 0 Å². The summed E-state index contributed by atoms with van der Waals surface area (Å²) in [7, 11) is 0. The molecule has 0 spiro atoms. The third-order valence-corrected chi connectivity index (χ3v) is 4.50. The van der Waals surface area contributed by atoms with E-state index in [1.807, 2.05) is 17.5 Å². The fourth-order valence-corrected chi connectivity index (χ4v) is 2.91. The molecule has 3 aromatic rings. The Morgan fingerprint density at radius 1 is 1.31 bits per heavy atom. The SMILES string of the molecule is Cc1nc(-c2cccc(C(=O)O[C@@H](C)C(=O)NCc3cccs3)c2)n[nH]1. The minimum Gasteiger partial charge on any atom is -0.449 e. The topological polar surface area (TPSA) is 97.0 Å². The Balaban J connectivity index is 1.61. The van der Waals surface area contributed by atoms with Crippen LogP contribution in [0.25, 0.3) is 11.4 Å². The van der Waals surface area contributed by atoms with Gasteiger partial charge in [0.05, 0.1) is 12.1 Å². The molecule has 1 atom stereocenters. The molecule has 0 radical (unpaired) electrons. The highest BCUT2D eigenvalue weighted by atomic mass is 32.1. The number of ether oxygens (including phenoxy) is 1. The molecule has 26 heavy (non-hydrogen) atoms. The van der Waals surface area contributed by atoms with Crippen molar-refractivity contribution in [2.75, 3.05) is 0 Å². The maximum absolute atomic E-state index is 12.3. The molecule has 0 bridgehead atoms. The Morgan fingerprint density at radius 2 is 2.15 bits per heavy atom. The average Bonchev–Trinajstić information content (AvgIpc) is 3.31. The molecule has 0 saturated heterocycles. The normalized spacial score (nSPS) is 11.8. The molecule has 2 N–H and O–H groups in total. The number of carbonyl (C=O) groups excluding carboxylic acids is 2. The summed E-state index contributed by atoms with van der Waals surface area (Å²) < 4.78 is 5.27. The molecule has 0 fully saturated rings. The van der Waals surface area contributed by atoms with Crippen LogP contribution in [0.1, 0.15) is 28.0 Å². The second-order valence-electron chi connectivity index (χ2n) is 5.67. The van der Waals surface area contributed by atoms with Gasteiger partial charge in [0, 0.05) is 10.4 Å². The molecule has 0 aliphatic rings. The molecule has 8 heteroatoms. The van der Waals surface area contributed by atoms with Gasteiger partial charge in [0.25, 0.3) is 5.91 Å². The number of hydrogen-bond acceptors (Lipinski definition) is 6. The van der Waals surface area contributed by atoms with Crippen molar-refractivity contribution in [3.63, 3.8) is 0 Å². The number of H-pyrrole nitrogens is 1. The molecule has 0 unspecified atom stereocenters. The van der Waals surface area contributed by atoms with Gasteiger partial charge < -0.3 is 10.1 Å². The summed E-state index contributed by atoms with van der Waals surface area (Å²) in [6.45, 7) is 3.76. The predicted molar refractivity (Wildman–Crippen MR) is 97.6 cm³/mol. The first-order valence-electron chi connectivity index (χ1n) is 8.03. The van der Waals surface area contributed by atoms with Gasteiger partial charge >= 0.3 is 5.97 Å². The summed E-state index contributed by atoms with van der Waals surface area (Å²) in [5.74, 6) is 0.272. The zero-order valence-corrected chi connectivity index (χ0v) is 15.2. The highest BCUT2D eigenvalue weighted by Gasteiger charge is 2.19. The number of esters is 1. The lowest BCUT2D eigenvalue weighted by Gasteiger charge is -2.13. The number of aromatic amines is 1. The van der Waals surface area contributed by atoms with Crippen molar-refractivity contribution >= 4 is 23.2 Å². The number of benzene rings is 1. The molecule has 0 aliphatic heterocycles. The second-order valence-corrected chi connectivity index (χ2v) is 6.70. The first-order chi connectivity index (χ1) is 12.5. The van der Waals surface area contributed by atoms with Crippen LogP contribution < -0.4 is 5.32 Å². The van der Waals surface area contributed by atoms with Crippen molar-refractivity contribution < 1.29 is 14.3 Å². The summed E-state index contributed by atoms with van der Waals surface area (Å²) in [5.41, 5.74) is 1.03. The fourth-order valence-electron chi connectivity index (χ4n) is 2.27. The number of amides is 1. The Labute approximate surface area is 154 Å². The van der Waals surface area contributed by atoms with E-state index < -0.39 is 12.1 Å². The number of aryl methyl sites for hydroxylation is 1. The standard InChI is InChI=1S/C18H18N4O3S/c1-11(17(23)19-10-15-7-4-8-26-15)25-18(24)14-6-3-5-13(9-14)16-20-12(2)21-22-16/h3-9,11H,10H2,1-2H3,(H,19,23)(H,20,21,22)/t11-/m0/s1. The average molecular weight is 370 g/mol. The minimum absolute atomic E-state index is 0.336. The molecule has 0 aliphatic carbocycles. The van der Waals surface area contributed by atoms with Crippen LogP contribution in [-0.4, -0.2) is 33.2 Å². The van der Waals surface area contributed by atoms with E-state index in [1.54, 1.807) is 49.4 Å². The Kier molecular flexibility index (Phi) is 5.43. The Morgan fingerprint density at radius 3 is 2.85 bits per heavy atom. The van der Waals surface area contributed by atoms with E-state index >= 15 is 0 Å². The number of hydrogen-bond donors (Lipinski definition) is 2. The van der Waals surface area contributed by atoms with Crippen molar-refractivity contribution in [1.29, 1.82) is 0 Å². The third kappa shape index (κ3) is 4.34. The van der Waals surface area contributed by atoms with Gasteiger partial charge in [0.15, 0.2) is 11.9 Å². The van der Waals surface area contributed by atoms with Crippen LogP contribution in [0, 0.1) is 6.92 Å². The predicted octanol–water partition coefficient (Wildman–Crippen LogP) is 2.70. The molecular weight excluding hydrogens is 352 g/mol. The number of nitrogens with one attached hydrogen (secondary N) is 2. The van der Waals surface area contributed by atoms with E-state index in [0.717, 1.165) is 4.88 Å². The fraction of sp³-hybridized carbons (Fsp3) is 0.222. The van der Waals surface area contributed by atoms with Crippen LogP contribution in [0.15, 0.2) is 41.8 Å². The van der Waals surface area contributed by atoms with E-state index in [-0.39, 0.29) is 5.91 Å². The molecule has 134 valence electrons. The van der Waals surface area contributed by atoms with Gasteiger partial charge in [-0.15, -0.1) is 11.3 Å². The summed E-state index contributed by atoms with van der Waals surface area (Å²) in [6.07, 6.45) is -0.892. The highest BCUT2D eigenvalue weighted by Crippen LogP contribution is 2.17. The zero-order chi connectivity index (χ0) is 18.5. The van der Waals surface area contributed by atoms with E-state index in [2.05, 4.69) is 20.5 Å². The summed E-state index contributed by atoms with van der Waals surface area (Å²) in [5, 5.41) is 11.5. The maximum Gasteiger partial charge on any atom is 0.338 e. The first kappa shape index (κ1) is 17.8. The Hall–Kier alpha value is -3.00. The van der Waals surface area contributed by atoms with Crippen LogP contribution >= 0.6 is 11.3 Å². The zero-order valence-electron chi connectivity index (χ0n) is 14.4. The minimum atomic E-state index is -0.892. The molecule has 7 nitrogen and oxygen atoms in total. The van der Waals surface area contributed by atoms with E-state index in [1.165, 1.54) is 0 Å². The monoisotopic (exact) mass is 370 g/mol. The van der Waals surface area contributed by atoms with Crippen LogP contribution in [0.2, 0.25) is 0 Å². The molecular formula is C18H18N4O3S. The molecule has 0 saturated carbocycles. The van der Waals surface area contributed by atoms with E-state index in [4.69, 9.17) is 4.74 Å². The van der Waals surface area contributed by atoms with Crippen LogP contribution in [0.4, 0.5) is 0 Å². The first-order valence-corrected chi connectivity index (χ1v) is 8.91. The van der Waals surface area contributed by atoms with Crippen molar-refractivity contribution in [3.8, 4) is 11.4 Å². The van der Waals surface area contributed by atoms with Crippen molar-refractivity contribution in [2.24, 2.45) is 0 Å². The number of rotatable bonds is 6. The van der Waals surface area contributed by atoms with Gasteiger partial charge in [-0.25, -0.2) is 9.78 Å². The van der Waals surface area contributed by atoms with Gasteiger partial charge in [-0.2, -0.15) is 5.10 Å². The molecule has 1 amide bonds. The molecule has 1 aromatic carbocycles. The lowest BCUT2D eigenvalue weighted by atomic mass is 10.1. The van der Waals surface area contributed by atoms with Crippen molar-refractivity contribution in [1.82, 2.24) is 20.5 Å². The molecule has 2 heterocycles. The van der Waals surface area contributed by atoms with Gasteiger partial charge in [-0.1, -0.05) is 18.2 Å². The Bertz CT molecular complexity index is 905. The number of thiophene rings is 1. The highest BCUT2D eigenvalue weighted by molar-refractivity contribution is 7.09. The molecule has 2 aromatic heterocycles. The largest absolute Gasteiger partial charge is 0.449 e. The molecule has 3 rings (SSSR count). The van der Waals surface area contributed by atoms with Gasteiger partial charge in [0.1, 0.15) is 5.82 Å². The lowest BCUT2D eigenvalue weighted by molar-refractivity contribution is -0.129. The van der Waals surface area contributed by atoms with Crippen LogP contribution in [0.3, 0.4) is 0 Å². The second kappa shape index (κ2) is 7.92. The van der Waals surface area contributed by atoms with Gasteiger partial charge in [-0.3, -0.25) is 9.89 Å². The van der Waals surface area contributed by atoms with E-state index in [9.17, 15) is 9.59 Å². The van der Waals surface area contributed by atoms with Gasteiger partial charge in [0.2, 0.25) is 0 Å². The summed E-state index contributed by atoms with van der Waals surface area (Å²) in [4.78, 5) is 29.7. The number of nitrogens with zero attached hydrogens (tertiary/aromatic N) is 2. The van der Waals surface area contributed by atoms with Crippen molar-refractivity contribution in [2.45, 2.75) is 26.5 Å². The third-order valence-electron chi connectivity index (χ3n) is 3.62. The van der Waals surface area contributed by atoms with Crippen LogP contribution in [-0.2, 0) is 16.1 Å². The number of aromatic nitrogens is 3. The quantitative estimate of drug-likeness (QED) is 0.650. The smallest absolute Gasteiger partial charge is 0.338 e.